The Morgan fingerprint density at radius 3 is 2.41 bits per heavy atom. The van der Waals surface area contributed by atoms with Crippen molar-refractivity contribution in [2.75, 3.05) is 25.5 Å². The Kier molecular flexibility index (Phi) is 9.04. The SMILES string of the molecule is CN(CCC(=O)O)CC(=O)Nc1ccc(OC(F)F)cc1.Cl. The maximum atomic E-state index is 12.0. The van der Waals surface area contributed by atoms with E-state index in [-0.39, 0.29) is 43.6 Å². The van der Waals surface area contributed by atoms with Crippen molar-refractivity contribution in [2.45, 2.75) is 13.0 Å². The van der Waals surface area contributed by atoms with Crippen molar-refractivity contribution in [3.05, 3.63) is 24.3 Å². The highest BCUT2D eigenvalue weighted by Crippen LogP contribution is 2.17. The summed E-state index contributed by atoms with van der Waals surface area (Å²) in [5.41, 5.74) is 0.438. The summed E-state index contributed by atoms with van der Waals surface area (Å²) in [6, 6.07) is 5.51. The van der Waals surface area contributed by atoms with Crippen LogP contribution >= 0.6 is 12.4 Å². The first-order valence-electron chi connectivity index (χ1n) is 6.12. The molecule has 0 saturated heterocycles. The summed E-state index contributed by atoms with van der Waals surface area (Å²) in [4.78, 5) is 23.6. The third-order valence-corrected chi connectivity index (χ3v) is 2.48. The van der Waals surface area contributed by atoms with Crippen molar-refractivity contribution in [2.24, 2.45) is 0 Å². The second-order valence-electron chi connectivity index (χ2n) is 4.33. The van der Waals surface area contributed by atoms with Crippen LogP contribution in [0.15, 0.2) is 24.3 Å². The minimum atomic E-state index is -2.90. The number of aliphatic carboxylic acids is 1. The molecule has 0 aliphatic heterocycles. The maximum Gasteiger partial charge on any atom is 0.387 e. The molecule has 0 heterocycles. The monoisotopic (exact) mass is 338 g/mol. The van der Waals surface area contributed by atoms with Crippen molar-refractivity contribution in [1.29, 1.82) is 0 Å². The van der Waals surface area contributed by atoms with Gasteiger partial charge in [-0.2, -0.15) is 8.78 Å². The van der Waals surface area contributed by atoms with Crippen molar-refractivity contribution in [3.63, 3.8) is 0 Å². The molecule has 1 aromatic carbocycles. The second kappa shape index (κ2) is 9.91. The number of carboxylic acid groups (broad SMARTS) is 1. The molecule has 0 aliphatic rings. The Morgan fingerprint density at radius 1 is 1.32 bits per heavy atom. The van der Waals surface area contributed by atoms with E-state index in [2.05, 4.69) is 10.1 Å². The number of hydrogen-bond acceptors (Lipinski definition) is 4. The lowest BCUT2D eigenvalue weighted by molar-refractivity contribution is -0.137. The Morgan fingerprint density at radius 2 is 1.91 bits per heavy atom. The van der Waals surface area contributed by atoms with Gasteiger partial charge in [-0.15, -0.1) is 12.4 Å². The number of nitrogens with one attached hydrogen (secondary N) is 1. The smallest absolute Gasteiger partial charge is 0.387 e. The lowest BCUT2D eigenvalue weighted by atomic mass is 10.3. The molecular formula is C13H17ClF2N2O4. The summed E-state index contributed by atoms with van der Waals surface area (Å²) >= 11 is 0. The fourth-order valence-corrected chi connectivity index (χ4v) is 1.53. The van der Waals surface area contributed by atoms with Crippen LogP contribution < -0.4 is 10.1 Å². The predicted octanol–water partition coefficient (Wildman–Crippen LogP) is 2.05. The number of halogens is 3. The molecule has 22 heavy (non-hydrogen) atoms. The average Bonchev–Trinajstić information content (AvgIpc) is 2.38. The summed E-state index contributed by atoms with van der Waals surface area (Å²) < 4.78 is 28.1. The number of alkyl halides is 2. The summed E-state index contributed by atoms with van der Waals surface area (Å²) in [6.45, 7) is -2.61. The van der Waals surface area contributed by atoms with Gasteiger partial charge in [0.2, 0.25) is 5.91 Å². The average molecular weight is 339 g/mol. The van der Waals surface area contributed by atoms with Gasteiger partial charge in [0.15, 0.2) is 0 Å². The van der Waals surface area contributed by atoms with Crippen LogP contribution in [0.25, 0.3) is 0 Å². The first-order chi connectivity index (χ1) is 9.86. The Hall–Kier alpha value is -1.93. The number of carboxylic acids is 1. The Labute approximate surface area is 132 Å². The van der Waals surface area contributed by atoms with Gasteiger partial charge >= 0.3 is 12.6 Å². The van der Waals surface area contributed by atoms with E-state index in [0.29, 0.717) is 5.69 Å². The molecule has 0 radical (unpaired) electrons. The molecule has 0 atom stereocenters. The highest BCUT2D eigenvalue weighted by molar-refractivity contribution is 5.92. The topological polar surface area (TPSA) is 78.9 Å². The predicted molar refractivity (Wildman–Crippen MR) is 78.7 cm³/mol. The van der Waals surface area contributed by atoms with Crippen molar-refractivity contribution in [3.8, 4) is 5.75 Å². The van der Waals surface area contributed by atoms with E-state index in [0.717, 1.165) is 0 Å². The summed E-state index contributed by atoms with van der Waals surface area (Å²) in [7, 11) is 1.63. The molecule has 1 rings (SSSR count). The van der Waals surface area contributed by atoms with Crippen molar-refractivity contribution >= 4 is 30.0 Å². The van der Waals surface area contributed by atoms with Gasteiger partial charge in [-0.25, -0.2) is 0 Å². The van der Waals surface area contributed by atoms with Crippen LogP contribution in [0.1, 0.15) is 6.42 Å². The number of carbonyl (C=O) groups excluding carboxylic acids is 1. The zero-order valence-corrected chi connectivity index (χ0v) is 12.6. The fraction of sp³-hybridized carbons (Fsp3) is 0.385. The first kappa shape index (κ1) is 20.1. The standard InChI is InChI=1S/C13H16F2N2O4.ClH/c1-17(7-6-12(19)20)8-11(18)16-9-2-4-10(5-3-9)21-13(14)15;/h2-5,13H,6-8H2,1H3,(H,16,18)(H,19,20);1H. The molecule has 6 nitrogen and oxygen atoms in total. The highest BCUT2D eigenvalue weighted by Gasteiger charge is 2.09. The second-order valence-corrected chi connectivity index (χ2v) is 4.33. The third-order valence-electron chi connectivity index (χ3n) is 2.48. The minimum Gasteiger partial charge on any atom is -0.481 e. The number of benzene rings is 1. The van der Waals surface area contributed by atoms with Crippen molar-refractivity contribution < 1.29 is 28.2 Å². The van der Waals surface area contributed by atoms with Crippen LogP contribution in [0, 0.1) is 0 Å². The molecule has 0 unspecified atom stereocenters. The molecule has 0 spiro atoms. The number of nitrogens with zero attached hydrogens (tertiary/aromatic N) is 1. The summed E-state index contributed by atoms with van der Waals surface area (Å²) in [6.07, 6.45) is -0.0521. The van der Waals surface area contributed by atoms with E-state index >= 15 is 0 Å². The molecule has 0 aromatic heterocycles. The normalized spacial score (nSPS) is 10.2. The number of likely N-dealkylation sites (N-methyl/N-ethyl adjacent to an activating group) is 1. The Bertz CT molecular complexity index is 485. The Balaban J connectivity index is 0.00000441. The number of amides is 1. The minimum absolute atomic E-state index is 0. The van der Waals surface area contributed by atoms with Gasteiger partial charge in [-0.05, 0) is 31.3 Å². The van der Waals surface area contributed by atoms with Gasteiger partial charge in [0.1, 0.15) is 5.75 Å². The summed E-state index contributed by atoms with van der Waals surface area (Å²) in [5, 5.41) is 11.1. The molecule has 0 aliphatic carbocycles. The molecule has 0 saturated carbocycles. The molecule has 2 N–H and O–H groups in total. The van der Waals surface area contributed by atoms with E-state index in [1.54, 1.807) is 11.9 Å². The number of ether oxygens (including phenoxy) is 1. The lowest BCUT2D eigenvalue weighted by Crippen LogP contribution is -2.31. The molecule has 0 bridgehead atoms. The number of rotatable bonds is 8. The van der Waals surface area contributed by atoms with Crippen LogP contribution in [0.5, 0.6) is 5.75 Å². The number of anilines is 1. The number of hydrogen-bond donors (Lipinski definition) is 2. The van der Waals surface area contributed by atoms with Crippen LogP contribution in [-0.4, -0.2) is 48.6 Å². The molecule has 0 fully saturated rings. The molecule has 9 heteroatoms. The molecular weight excluding hydrogens is 322 g/mol. The zero-order valence-electron chi connectivity index (χ0n) is 11.8. The molecule has 1 amide bonds. The summed E-state index contributed by atoms with van der Waals surface area (Å²) in [5.74, 6) is -1.26. The van der Waals surface area contributed by atoms with E-state index in [1.165, 1.54) is 24.3 Å². The quantitative estimate of drug-likeness (QED) is 0.758. The van der Waals surface area contributed by atoms with Crippen LogP contribution in [0.2, 0.25) is 0 Å². The van der Waals surface area contributed by atoms with Crippen LogP contribution in [-0.2, 0) is 9.59 Å². The van der Waals surface area contributed by atoms with Gasteiger partial charge in [0, 0.05) is 12.2 Å². The van der Waals surface area contributed by atoms with Gasteiger partial charge in [0.05, 0.1) is 13.0 Å². The van der Waals surface area contributed by atoms with Crippen molar-refractivity contribution in [1.82, 2.24) is 4.90 Å². The number of carbonyl (C=O) groups is 2. The van der Waals surface area contributed by atoms with Gasteiger partial charge in [0.25, 0.3) is 0 Å². The van der Waals surface area contributed by atoms with Crippen LogP contribution in [0.4, 0.5) is 14.5 Å². The van der Waals surface area contributed by atoms with Crippen LogP contribution in [0.3, 0.4) is 0 Å². The zero-order chi connectivity index (χ0) is 15.8. The largest absolute Gasteiger partial charge is 0.481 e. The van der Waals surface area contributed by atoms with E-state index in [4.69, 9.17) is 5.11 Å². The lowest BCUT2D eigenvalue weighted by Gasteiger charge is -2.15. The van der Waals surface area contributed by atoms with Gasteiger partial charge in [-0.1, -0.05) is 0 Å². The molecule has 1 aromatic rings. The van der Waals surface area contributed by atoms with E-state index in [9.17, 15) is 18.4 Å². The fourth-order valence-electron chi connectivity index (χ4n) is 1.53. The van der Waals surface area contributed by atoms with E-state index < -0.39 is 12.6 Å². The van der Waals surface area contributed by atoms with Gasteiger partial charge < -0.3 is 15.2 Å². The maximum absolute atomic E-state index is 12.0. The highest BCUT2D eigenvalue weighted by atomic mass is 35.5. The van der Waals surface area contributed by atoms with E-state index in [1.807, 2.05) is 0 Å². The first-order valence-corrected chi connectivity index (χ1v) is 6.12. The third kappa shape index (κ3) is 8.38. The van der Waals surface area contributed by atoms with Gasteiger partial charge in [-0.3, -0.25) is 14.5 Å². The molecule has 124 valence electrons.